The normalized spacial score (nSPS) is 15.5. The number of carbonyl (C=O) groups is 1. The first-order valence-corrected chi connectivity index (χ1v) is 9.29. The molecule has 0 saturated heterocycles. The molecule has 2 N–H and O–H groups in total. The first-order valence-electron chi connectivity index (χ1n) is 8.50. The fourth-order valence-electron chi connectivity index (χ4n) is 3.06. The molecule has 24 heavy (non-hydrogen) atoms. The Morgan fingerprint density at radius 1 is 1.08 bits per heavy atom. The Morgan fingerprint density at radius 2 is 1.83 bits per heavy atom. The monoisotopic (exact) mass is 387 g/mol. The number of aromatic nitrogens is 1. The van der Waals surface area contributed by atoms with Gasteiger partial charge in [-0.1, -0.05) is 37.8 Å². The Morgan fingerprint density at radius 3 is 2.58 bits per heavy atom. The Bertz CT molecular complexity index is 697. The van der Waals surface area contributed by atoms with Gasteiger partial charge in [-0.05, 0) is 47.0 Å². The van der Waals surface area contributed by atoms with E-state index in [0.717, 1.165) is 15.8 Å². The standard InChI is InChI=1S/C19H22BrN3O/c20-17-9-5-6-10-18(17)23-19(24)14-11-16(13-21-12-14)22-15-7-3-1-2-4-8-15/h5-6,9-13,15,22H,1-4,7-8H2,(H,23,24). The molecule has 1 saturated carbocycles. The Kier molecular flexibility index (Phi) is 5.86. The van der Waals surface area contributed by atoms with Crippen molar-refractivity contribution in [3.05, 3.63) is 52.8 Å². The second-order valence-corrected chi connectivity index (χ2v) is 7.08. The van der Waals surface area contributed by atoms with Crippen molar-refractivity contribution in [3.8, 4) is 0 Å². The van der Waals surface area contributed by atoms with E-state index in [1.54, 1.807) is 12.4 Å². The number of rotatable bonds is 4. The molecule has 0 radical (unpaired) electrons. The molecule has 1 amide bonds. The van der Waals surface area contributed by atoms with Crippen molar-refractivity contribution in [1.82, 2.24) is 4.98 Å². The molecule has 126 valence electrons. The summed E-state index contributed by atoms with van der Waals surface area (Å²) in [5.74, 6) is -0.154. The molecule has 0 aliphatic heterocycles. The van der Waals surface area contributed by atoms with Crippen LogP contribution in [0.3, 0.4) is 0 Å². The quantitative estimate of drug-likeness (QED) is 0.705. The average molecular weight is 388 g/mol. The van der Waals surface area contributed by atoms with Crippen LogP contribution in [-0.4, -0.2) is 16.9 Å². The molecule has 5 heteroatoms. The second kappa shape index (κ2) is 8.29. The van der Waals surface area contributed by atoms with Crippen molar-refractivity contribution in [2.24, 2.45) is 0 Å². The van der Waals surface area contributed by atoms with E-state index >= 15 is 0 Å². The summed E-state index contributed by atoms with van der Waals surface area (Å²) in [6, 6.07) is 9.93. The highest BCUT2D eigenvalue weighted by Crippen LogP contribution is 2.23. The Labute approximate surface area is 151 Å². The third-order valence-electron chi connectivity index (χ3n) is 4.35. The van der Waals surface area contributed by atoms with Crippen LogP contribution in [0.4, 0.5) is 11.4 Å². The van der Waals surface area contributed by atoms with Gasteiger partial charge in [0.25, 0.3) is 5.91 Å². The van der Waals surface area contributed by atoms with Crippen molar-refractivity contribution in [2.45, 2.75) is 44.6 Å². The number of carbonyl (C=O) groups excluding carboxylic acids is 1. The number of hydrogen-bond acceptors (Lipinski definition) is 3. The van der Waals surface area contributed by atoms with Crippen molar-refractivity contribution in [1.29, 1.82) is 0 Å². The molecule has 0 unspecified atom stereocenters. The number of halogens is 1. The van der Waals surface area contributed by atoms with Gasteiger partial charge >= 0.3 is 0 Å². The molecule has 1 aliphatic carbocycles. The van der Waals surface area contributed by atoms with E-state index < -0.39 is 0 Å². The number of para-hydroxylation sites is 1. The van der Waals surface area contributed by atoms with Crippen LogP contribution >= 0.6 is 15.9 Å². The summed E-state index contributed by atoms with van der Waals surface area (Å²) in [6.07, 6.45) is 11.0. The van der Waals surface area contributed by atoms with Gasteiger partial charge in [-0.15, -0.1) is 0 Å². The van der Waals surface area contributed by atoms with E-state index in [1.165, 1.54) is 38.5 Å². The van der Waals surface area contributed by atoms with Crippen molar-refractivity contribution in [2.75, 3.05) is 10.6 Å². The molecule has 1 aromatic carbocycles. The summed E-state index contributed by atoms with van der Waals surface area (Å²) >= 11 is 3.44. The number of pyridine rings is 1. The van der Waals surface area contributed by atoms with Gasteiger partial charge in [0.2, 0.25) is 0 Å². The number of amides is 1. The van der Waals surface area contributed by atoms with Crippen molar-refractivity contribution in [3.63, 3.8) is 0 Å². The molecule has 0 spiro atoms. The Hall–Kier alpha value is -1.88. The molecule has 0 bridgehead atoms. The summed E-state index contributed by atoms with van der Waals surface area (Å²) in [6.45, 7) is 0. The lowest BCUT2D eigenvalue weighted by atomic mass is 10.1. The fourth-order valence-corrected chi connectivity index (χ4v) is 3.44. The van der Waals surface area contributed by atoms with Crippen LogP contribution in [0.25, 0.3) is 0 Å². The van der Waals surface area contributed by atoms with Gasteiger partial charge in [0.1, 0.15) is 0 Å². The predicted octanol–water partition coefficient (Wildman–Crippen LogP) is 5.23. The maximum Gasteiger partial charge on any atom is 0.257 e. The number of benzene rings is 1. The highest BCUT2D eigenvalue weighted by molar-refractivity contribution is 9.10. The minimum Gasteiger partial charge on any atom is -0.381 e. The SMILES string of the molecule is O=C(Nc1ccccc1Br)c1cncc(NC2CCCCCC2)c1. The van der Waals surface area contributed by atoms with Gasteiger partial charge in [-0.25, -0.2) is 0 Å². The van der Waals surface area contributed by atoms with Crippen LogP contribution in [0, 0.1) is 0 Å². The smallest absolute Gasteiger partial charge is 0.257 e. The minimum atomic E-state index is -0.154. The average Bonchev–Trinajstić information content (AvgIpc) is 2.86. The highest BCUT2D eigenvalue weighted by Gasteiger charge is 2.14. The summed E-state index contributed by atoms with van der Waals surface area (Å²) < 4.78 is 0.860. The minimum absolute atomic E-state index is 0.154. The molecular weight excluding hydrogens is 366 g/mol. The van der Waals surface area contributed by atoms with E-state index in [4.69, 9.17) is 0 Å². The van der Waals surface area contributed by atoms with E-state index in [9.17, 15) is 4.79 Å². The molecule has 0 atom stereocenters. The third kappa shape index (κ3) is 4.57. The van der Waals surface area contributed by atoms with Crippen LogP contribution in [0.15, 0.2) is 47.2 Å². The molecular formula is C19H22BrN3O. The second-order valence-electron chi connectivity index (χ2n) is 6.23. The molecule has 3 rings (SSSR count). The van der Waals surface area contributed by atoms with Gasteiger partial charge in [0.05, 0.1) is 16.9 Å². The fraction of sp³-hybridized carbons (Fsp3) is 0.368. The van der Waals surface area contributed by atoms with Crippen molar-refractivity contribution < 1.29 is 4.79 Å². The van der Waals surface area contributed by atoms with Crippen molar-refractivity contribution >= 4 is 33.2 Å². The summed E-state index contributed by atoms with van der Waals surface area (Å²) in [5.41, 5.74) is 2.23. The molecule has 1 aliphatic rings. The number of anilines is 2. The predicted molar refractivity (Wildman–Crippen MR) is 101 cm³/mol. The van der Waals surface area contributed by atoms with Crippen LogP contribution in [0.2, 0.25) is 0 Å². The lowest BCUT2D eigenvalue weighted by molar-refractivity contribution is 0.102. The lowest BCUT2D eigenvalue weighted by Gasteiger charge is -2.17. The zero-order chi connectivity index (χ0) is 16.8. The molecule has 1 aromatic heterocycles. The van der Waals surface area contributed by atoms with E-state index in [2.05, 4.69) is 31.5 Å². The van der Waals surface area contributed by atoms with Gasteiger partial charge in [-0.2, -0.15) is 0 Å². The maximum absolute atomic E-state index is 12.5. The summed E-state index contributed by atoms with van der Waals surface area (Å²) in [4.78, 5) is 16.7. The Balaban J connectivity index is 1.68. The zero-order valence-corrected chi connectivity index (χ0v) is 15.2. The molecule has 1 fully saturated rings. The van der Waals surface area contributed by atoms with Crippen LogP contribution in [0.1, 0.15) is 48.9 Å². The number of nitrogens with zero attached hydrogens (tertiary/aromatic N) is 1. The van der Waals surface area contributed by atoms with E-state index in [0.29, 0.717) is 11.6 Å². The van der Waals surface area contributed by atoms with E-state index in [-0.39, 0.29) is 5.91 Å². The van der Waals surface area contributed by atoms with Gasteiger partial charge in [0.15, 0.2) is 0 Å². The van der Waals surface area contributed by atoms with Crippen LogP contribution in [-0.2, 0) is 0 Å². The largest absolute Gasteiger partial charge is 0.381 e. The van der Waals surface area contributed by atoms with Gasteiger partial charge in [0, 0.05) is 22.9 Å². The molecule has 1 heterocycles. The van der Waals surface area contributed by atoms with Crippen LogP contribution in [0.5, 0.6) is 0 Å². The lowest BCUT2D eigenvalue weighted by Crippen LogP contribution is -2.19. The summed E-state index contributed by atoms with van der Waals surface area (Å²) in [7, 11) is 0. The topological polar surface area (TPSA) is 54.0 Å². The first-order chi connectivity index (χ1) is 11.7. The van der Waals surface area contributed by atoms with Crippen LogP contribution < -0.4 is 10.6 Å². The van der Waals surface area contributed by atoms with Gasteiger partial charge < -0.3 is 10.6 Å². The maximum atomic E-state index is 12.5. The molecule has 2 aromatic rings. The highest BCUT2D eigenvalue weighted by atomic mass is 79.9. The molecule has 4 nitrogen and oxygen atoms in total. The number of nitrogens with one attached hydrogen (secondary N) is 2. The number of hydrogen-bond donors (Lipinski definition) is 2. The first kappa shape index (κ1) is 17.0. The van der Waals surface area contributed by atoms with E-state index in [1.807, 2.05) is 30.3 Å². The zero-order valence-electron chi connectivity index (χ0n) is 13.6. The third-order valence-corrected chi connectivity index (χ3v) is 5.04. The summed E-state index contributed by atoms with van der Waals surface area (Å²) in [5, 5.41) is 6.45. The van der Waals surface area contributed by atoms with Gasteiger partial charge in [-0.3, -0.25) is 9.78 Å².